The second-order valence-electron chi connectivity index (χ2n) is 19.4. The van der Waals surface area contributed by atoms with E-state index in [0.29, 0.717) is 12.8 Å². The van der Waals surface area contributed by atoms with E-state index < -0.39 is 92.7 Å². The van der Waals surface area contributed by atoms with Crippen molar-refractivity contribution in [3.63, 3.8) is 0 Å². The Morgan fingerprint density at radius 2 is 0.875 bits per heavy atom. The molecule has 11 unspecified atom stereocenters. The van der Waals surface area contributed by atoms with Crippen molar-refractivity contribution < 1.29 is 73.8 Å². The zero-order valence-corrected chi connectivity index (χ0v) is 44.1. The van der Waals surface area contributed by atoms with Crippen molar-refractivity contribution in [1.29, 1.82) is 0 Å². The molecule has 0 aliphatic carbocycles. The number of allylic oxidation sites excluding steroid dienone is 10. The maximum atomic E-state index is 13.1. The lowest BCUT2D eigenvalue weighted by Gasteiger charge is -2.42. The summed E-state index contributed by atoms with van der Waals surface area (Å²) in [5.41, 5.74) is 0. The van der Waals surface area contributed by atoms with Crippen LogP contribution in [0.15, 0.2) is 60.8 Å². The van der Waals surface area contributed by atoms with Crippen molar-refractivity contribution in [2.75, 3.05) is 26.4 Å². The van der Waals surface area contributed by atoms with Gasteiger partial charge in [0.1, 0.15) is 55.4 Å². The molecule has 0 bridgehead atoms. The van der Waals surface area contributed by atoms with Gasteiger partial charge in [0.25, 0.3) is 0 Å². The molecule has 0 aromatic heterocycles. The van der Waals surface area contributed by atoms with Crippen molar-refractivity contribution in [2.45, 2.75) is 261 Å². The highest BCUT2D eigenvalue weighted by molar-refractivity contribution is 5.70. The lowest BCUT2D eigenvalue weighted by molar-refractivity contribution is -0.332. The van der Waals surface area contributed by atoms with Gasteiger partial charge >= 0.3 is 11.9 Å². The fourth-order valence-electron chi connectivity index (χ4n) is 8.44. The molecule has 2 saturated heterocycles. The van der Waals surface area contributed by atoms with Gasteiger partial charge < -0.3 is 64.2 Å². The zero-order valence-electron chi connectivity index (χ0n) is 44.1. The number of aliphatic hydroxyl groups is 7. The van der Waals surface area contributed by atoms with E-state index in [9.17, 15) is 45.3 Å². The van der Waals surface area contributed by atoms with Gasteiger partial charge in [-0.2, -0.15) is 0 Å². The molecule has 15 nitrogen and oxygen atoms in total. The first kappa shape index (κ1) is 65.3. The predicted molar refractivity (Wildman–Crippen MR) is 280 cm³/mol. The molecule has 11 atom stereocenters. The van der Waals surface area contributed by atoms with Crippen molar-refractivity contribution in [3.8, 4) is 0 Å². The summed E-state index contributed by atoms with van der Waals surface area (Å²) in [6.07, 6.45) is 33.8. The van der Waals surface area contributed by atoms with E-state index in [1.165, 1.54) is 57.8 Å². The molecule has 416 valence electrons. The van der Waals surface area contributed by atoms with Gasteiger partial charge in [-0.1, -0.05) is 164 Å². The maximum Gasteiger partial charge on any atom is 0.306 e. The van der Waals surface area contributed by atoms with E-state index in [4.69, 9.17) is 28.4 Å². The molecule has 0 saturated carbocycles. The smallest absolute Gasteiger partial charge is 0.306 e. The Morgan fingerprint density at radius 3 is 1.39 bits per heavy atom. The molecule has 0 aromatic rings. The normalized spacial score (nSPS) is 25.5. The van der Waals surface area contributed by atoms with Crippen LogP contribution in [0.5, 0.6) is 0 Å². The lowest BCUT2D eigenvalue weighted by Crippen LogP contribution is -2.61. The number of carbonyl (C=O) groups is 2. The fraction of sp³-hybridized carbons (Fsp3) is 0.789. The van der Waals surface area contributed by atoms with Crippen LogP contribution in [-0.4, -0.2) is 142 Å². The van der Waals surface area contributed by atoms with Crippen LogP contribution in [0.3, 0.4) is 0 Å². The molecular weight excluding hydrogens is 925 g/mol. The highest BCUT2D eigenvalue weighted by Gasteiger charge is 2.47. The van der Waals surface area contributed by atoms with Gasteiger partial charge in [0, 0.05) is 12.8 Å². The number of rotatable bonds is 43. The van der Waals surface area contributed by atoms with E-state index in [1.807, 2.05) is 0 Å². The zero-order chi connectivity index (χ0) is 52.4. The van der Waals surface area contributed by atoms with Crippen LogP contribution in [0, 0.1) is 0 Å². The molecule has 2 rings (SSSR count). The average Bonchev–Trinajstić information content (AvgIpc) is 3.37. The molecule has 72 heavy (non-hydrogen) atoms. The van der Waals surface area contributed by atoms with Crippen LogP contribution < -0.4 is 0 Å². The van der Waals surface area contributed by atoms with E-state index in [2.05, 4.69) is 74.6 Å². The van der Waals surface area contributed by atoms with E-state index in [-0.39, 0.29) is 26.1 Å². The van der Waals surface area contributed by atoms with Gasteiger partial charge in [0.15, 0.2) is 18.7 Å². The first-order valence-electron chi connectivity index (χ1n) is 27.9. The first-order valence-corrected chi connectivity index (χ1v) is 27.9. The van der Waals surface area contributed by atoms with Crippen LogP contribution in [0.1, 0.15) is 194 Å². The quantitative estimate of drug-likeness (QED) is 0.0172. The van der Waals surface area contributed by atoms with Crippen LogP contribution >= 0.6 is 0 Å². The van der Waals surface area contributed by atoms with E-state index in [1.54, 1.807) is 0 Å². The van der Waals surface area contributed by atoms with E-state index >= 15 is 0 Å². The third-order valence-corrected chi connectivity index (χ3v) is 13.0. The monoisotopic (exact) mass is 1020 g/mol. The summed E-state index contributed by atoms with van der Waals surface area (Å²) >= 11 is 0. The van der Waals surface area contributed by atoms with Crippen LogP contribution in [0.4, 0.5) is 0 Å². The van der Waals surface area contributed by atoms with Gasteiger partial charge in [-0.15, -0.1) is 0 Å². The van der Waals surface area contributed by atoms with Gasteiger partial charge in [-0.25, -0.2) is 0 Å². The van der Waals surface area contributed by atoms with Crippen molar-refractivity contribution >= 4 is 11.9 Å². The number of aliphatic hydroxyl groups excluding tert-OH is 7. The molecule has 2 aliphatic rings. The summed E-state index contributed by atoms with van der Waals surface area (Å²) in [4.78, 5) is 25.8. The highest BCUT2D eigenvalue weighted by Crippen LogP contribution is 2.26. The molecule has 2 heterocycles. The van der Waals surface area contributed by atoms with Gasteiger partial charge in [-0.3, -0.25) is 9.59 Å². The predicted octanol–water partition coefficient (Wildman–Crippen LogP) is 8.83. The molecule has 15 heteroatoms. The first-order chi connectivity index (χ1) is 35.0. The third-order valence-electron chi connectivity index (χ3n) is 13.0. The summed E-state index contributed by atoms with van der Waals surface area (Å²) in [7, 11) is 0. The van der Waals surface area contributed by atoms with E-state index in [0.717, 1.165) is 96.3 Å². The standard InChI is InChI=1S/C57H98O15/c1-3-5-7-9-11-13-15-17-19-20-21-22-23-24-26-28-30-32-34-36-38-40-49(60)70-45(42-67-48(59)39-37-35-33-31-29-27-25-18-16-14-12-10-8-6-4-2)43-68-56-55(66)53(64)51(62)47(72-56)44-69-57-54(65)52(63)50(61)46(41-58)71-57/h5,7,11,13,17-19,21-22,25,45-47,50-58,61-66H,3-4,6,8-10,12,14-16,20,23-24,26-44H2,1-2H3/b7-5-,13-11-,19-17-,22-21-,25-18-. The Kier molecular flexibility index (Phi) is 39.4. The SMILES string of the molecule is CC/C=C\C/C=C\C/C=C\C/C=C\CCCCCCCCCCC(=O)OC(COC(=O)CCCCCCC/C=C\CCCCCCCC)COC1OC(COC2OC(CO)C(O)C(O)C2O)C(O)C(O)C1O. The van der Waals surface area contributed by atoms with Gasteiger partial charge in [0.05, 0.1) is 19.8 Å². The number of hydrogen-bond donors (Lipinski definition) is 7. The van der Waals surface area contributed by atoms with Gasteiger partial charge in [0.2, 0.25) is 0 Å². The average molecular weight is 1020 g/mol. The van der Waals surface area contributed by atoms with Crippen LogP contribution in [0.25, 0.3) is 0 Å². The molecule has 2 fully saturated rings. The number of unbranched alkanes of at least 4 members (excludes halogenated alkanes) is 19. The Hall–Kier alpha value is -2.80. The minimum absolute atomic E-state index is 0.152. The Balaban J connectivity index is 1.78. The fourth-order valence-corrected chi connectivity index (χ4v) is 8.44. The third kappa shape index (κ3) is 30.5. The second-order valence-corrected chi connectivity index (χ2v) is 19.4. The highest BCUT2D eigenvalue weighted by atomic mass is 16.7. The topological polar surface area (TPSA) is 231 Å². The maximum absolute atomic E-state index is 13.1. The summed E-state index contributed by atoms with van der Waals surface area (Å²) in [6, 6.07) is 0. The Morgan fingerprint density at radius 1 is 0.458 bits per heavy atom. The molecule has 7 N–H and O–H groups in total. The van der Waals surface area contributed by atoms with Crippen LogP contribution in [-0.2, 0) is 38.0 Å². The van der Waals surface area contributed by atoms with Crippen molar-refractivity contribution in [3.05, 3.63) is 60.8 Å². The summed E-state index contributed by atoms with van der Waals surface area (Å²) < 4.78 is 33.6. The Labute approximate surface area is 432 Å². The summed E-state index contributed by atoms with van der Waals surface area (Å²) in [5, 5.41) is 72.2. The summed E-state index contributed by atoms with van der Waals surface area (Å²) in [5.74, 6) is -0.944. The van der Waals surface area contributed by atoms with Crippen molar-refractivity contribution in [2.24, 2.45) is 0 Å². The van der Waals surface area contributed by atoms with Crippen LogP contribution in [0.2, 0.25) is 0 Å². The number of carbonyl (C=O) groups excluding carboxylic acids is 2. The molecule has 0 spiro atoms. The second kappa shape index (κ2) is 43.4. The number of ether oxygens (including phenoxy) is 6. The molecule has 0 amide bonds. The number of hydrogen-bond acceptors (Lipinski definition) is 15. The minimum atomic E-state index is -1.77. The molecule has 2 aliphatic heterocycles. The lowest BCUT2D eigenvalue weighted by atomic mass is 9.98. The number of esters is 2. The van der Waals surface area contributed by atoms with Crippen molar-refractivity contribution in [1.82, 2.24) is 0 Å². The van der Waals surface area contributed by atoms with Gasteiger partial charge in [-0.05, 0) is 77.0 Å². The largest absolute Gasteiger partial charge is 0.462 e. The molecule has 0 radical (unpaired) electrons. The molecular formula is C57H98O15. The Bertz CT molecular complexity index is 1480. The summed E-state index contributed by atoms with van der Waals surface area (Å²) in [6.45, 7) is 2.46. The molecule has 0 aromatic carbocycles. The minimum Gasteiger partial charge on any atom is -0.462 e.